The number of nitro groups is 1. The third-order valence-corrected chi connectivity index (χ3v) is 3.87. The van der Waals surface area contributed by atoms with Crippen molar-refractivity contribution < 1.29 is 4.92 Å². The van der Waals surface area contributed by atoms with Crippen molar-refractivity contribution in [2.24, 2.45) is 5.92 Å². The Hall–Kier alpha value is -1.69. The van der Waals surface area contributed by atoms with E-state index in [-0.39, 0.29) is 5.69 Å². The van der Waals surface area contributed by atoms with Crippen LogP contribution in [-0.2, 0) is 0 Å². The molecule has 2 rings (SSSR count). The molecule has 0 amide bonds. The van der Waals surface area contributed by atoms with E-state index in [0.29, 0.717) is 17.7 Å². The number of rotatable bonds is 5. The minimum absolute atomic E-state index is 0.0717. The number of nitrogens with one attached hydrogen (secondary N) is 1. The molecule has 0 radical (unpaired) electrons. The zero-order chi connectivity index (χ0) is 14.7. The molecule has 0 aromatic carbocycles. The van der Waals surface area contributed by atoms with E-state index in [2.05, 4.69) is 29.0 Å². The van der Waals surface area contributed by atoms with Crippen LogP contribution in [-0.4, -0.2) is 40.5 Å². The molecule has 1 unspecified atom stereocenters. The highest BCUT2D eigenvalue weighted by atomic mass is 16.6. The Kier molecular flexibility index (Phi) is 4.54. The Morgan fingerprint density at radius 3 is 2.85 bits per heavy atom. The number of aryl methyl sites for hydroxylation is 1. The van der Waals surface area contributed by atoms with Crippen molar-refractivity contribution in [3.63, 3.8) is 0 Å². The number of anilines is 1. The van der Waals surface area contributed by atoms with Gasteiger partial charge in [-0.15, -0.1) is 0 Å². The summed E-state index contributed by atoms with van der Waals surface area (Å²) in [6.07, 6.45) is 1.19. The van der Waals surface area contributed by atoms with Gasteiger partial charge in [-0.2, -0.15) is 0 Å². The number of pyridine rings is 1. The van der Waals surface area contributed by atoms with Gasteiger partial charge in [-0.3, -0.25) is 10.1 Å². The van der Waals surface area contributed by atoms with Gasteiger partial charge >= 0.3 is 0 Å². The van der Waals surface area contributed by atoms with E-state index in [0.717, 1.165) is 25.5 Å². The van der Waals surface area contributed by atoms with E-state index < -0.39 is 4.92 Å². The van der Waals surface area contributed by atoms with Crippen LogP contribution in [0.3, 0.4) is 0 Å². The van der Waals surface area contributed by atoms with Crippen LogP contribution in [0.1, 0.15) is 26.0 Å². The predicted octanol–water partition coefficient (Wildman–Crippen LogP) is 2.44. The molecule has 1 aliphatic rings. The molecular formula is C14H22N4O2. The second kappa shape index (κ2) is 6.17. The first-order chi connectivity index (χ1) is 9.47. The van der Waals surface area contributed by atoms with Crippen molar-refractivity contribution >= 4 is 11.5 Å². The van der Waals surface area contributed by atoms with Gasteiger partial charge in [0.25, 0.3) is 5.69 Å². The first-order valence-corrected chi connectivity index (χ1v) is 7.07. The van der Waals surface area contributed by atoms with E-state index >= 15 is 0 Å². The summed E-state index contributed by atoms with van der Waals surface area (Å²) in [5, 5.41) is 14.0. The lowest BCUT2D eigenvalue weighted by Crippen LogP contribution is -2.29. The summed E-state index contributed by atoms with van der Waals surface area (Å²) in [5.41, 5.74) is 0.526. The van der Waals surface area contributed by atoms with Gasteiger partial charge in [-0.05, 0) is 45.7 Å². The van der Waals surface area contributed by atoms with E-state index in [1.54, 1.807) is 13.0 Å². The molecule has 0 saturated carbocycles. The van der Waals surface area contributed by atoms with Gasteiger partial charge in [-0.25, -0.2) is 4.98 Å². The van der Waals surface area contributed by atoms with Crippen molar-refractivity contribution in [1.82, 2.24) is 9.88 Å². The molecule has 110 valence electrons. The standard InChI is InChI=1S/C14H22N4O2/c1-10(2)17-7-6-12(9-17)8-15-14-5-4-13(18(19)20)11(3)16-14/h4-5,10,12H,6-9H2,1-3H3,(H,15,16). The molecular weight excluding hydrogens is 256 g/mol. The summed E-state index contributed by atoms with van der Waals surface area (Å²) < 4.78 is 0. The summed E-state index contributed by atoms with van der Waals surface area (Å²) in [7, 11) is 0. The molecule has 6 nitrogen and oxygen atoms in total. The predicted molar refractivity (Wildman–Crippen MR) is 78.9 cm³/mol. The fourth-order valence-corrected chi connectivity index (χ4v) is 2.59. The molecule has 1 fully saturated rings. The average molecular weight is 278 g/mol. The van der Waals surface area contributed by atoms with Gasteiger partial charge in [0, 0.05) is 25.2 Å². The third kappa shape index (κ3) is 3.45. The zero-order valence-corrected chi connectivity index (χ0v) is 12.3. The van der Waals surface area contributed by atoms with Gasteiger partial charge < -0.3 is 10.2 Å². The molecule has 0 aliphatic carbocycles. The highest BCUT2D eigenvalue weighted by Crippen LogP contribution is 2.21. The second-order valence-electron chi connectivity index (χ2n) is 5.68. The number of likely N-dealkylation sites (tertiary alicyclic amines) is 1. The van der Waals surface area contributed by atoms with Gasteiger partial charge in [0.2, 0.25) is 0 Å². The molecule has 1 N–H and O–H groups in total. The Bertz CT molecular complexity index is 490. The Balaban J connectivity index is 1.89. The lowest BCUT2D eigenvalue weighted by molar-refractivity contribution is -0.385. The smallest absolute Gasteiger partial charge is 0.290 e. The molecule has 20 heavy (non-hydrogen) atoms. The van der Waals surface area contributed by atoms with Crippen molar-refractivity contribution in [2.75, 3.05) is 25.0 Å². The lowest BCUT2D eigenvalue weighted by Gasteiger charge is -2.20. The first kappa shape index (κ1) is 14.7. The summed E-state index contributed by atoms with van der Waals surface area (Å²) in [5.74, 6) is 1.34. The van der Waals surface area contributed by atoms with Gasteiger partial charge in [0.15, 0.2) is 0 Å². The molecule has 0 bridgehead atoms. The van der Waals surface area contributed by atoms with Gasteiger partial charge in [0.05, 0.1) is 4.92 Å². The summed E-state index contributed by atoms with van der Waals surface area (Å²) in [6.45, 7) is 9.23. The van der Waals surface area contributed by atoms with E-state index in [9.17, 15) is 10.1 Å². The molecule has 1 saturated heterocycles. The second-order valence-corrected chi connectivity index (χ2v) is 5.68. The van der Waals surface area contributed by atoms with Crippen LogP contribution in [0.5, 0.6) is 0 Å². The number of aromatic nitrogens is 1. The van der Waals surface area contributed by atoms with Gasteiger partial charge in [-0.1, -0.05) is 0 Å². The van der Waals surface area contributed by atoms with Crippen LogP contribution < -0.4 is 5.32 Å². The lowest BCUT2D eigenvalue weighted by atomic mass is 10.1. The first-order valence-electron chi connectivity index (χ1n) is 7.07. The summed E-state index contributed by atoms with van der Waals surface area (Å²) in [4.78, 5) is 17.1. The molecule has 1 aromatic heterocycles. The molecule has 0 spiro atoms. The molecule has 6 heteroatoms. The minimum Gasteiger partial charge on any atom is -0.370 e. The Labute approximate surface area is 119 Å². The maximum atomic E-state index is 10.7. The highest BCUT2D eigenvalue weighted by molar-refractivity contribution is 5.44. The normalized spacial score (nSPS) is 19.5. The fourth-order valence-electron chi connectivity index (χ4n) is 2.59. The minimum atomic E-state index is -0.399. The number of nitrogens with zero attached hydrogens (tertiary/aromatic N) is 3. The van der Waals surface area contributed by atoms with Crippen molar-refractivity contribution in [2.45, 2.75) is 33.2 Å². The Morgan fingerprint density at radius 1 is 1.55 bits per heavy atom. The van der Waals surface area contributed by atoms with E-state index in [1.807, 2.05) is 0 Å². The van der Waals surface area contributed by atoms with Crippen molar-refractivity contribution in [3.8, 4) is 0 Å². The molecule has 1 atom stereocenters. The van der Waals surface area contributed by atoms with E-state index in [1.165, 1.54) is 12.5 Å². The maximum Gasteiger partial charge on any atom is 0.290 e. The van der Waals surface area contributed by atoms with Crippen LogP contribution in [0.25, 0.3) is 0 Å². The van der Waals surface area contributed by atoms with Crippen molar-refractivity contribution in [3.05, 3.63) is 27.9 Å². The van der Waals surface area contributed by atoms with Crippen LogP contribution in [0.4, 0.5) is 11.5 Å². The Morgan fingerprint density at radius 2 is 2.30 bits per heavy atom. The summed E-state index contributed by atoms with van der Waals surface area (Å²) >= 11 is 0. The van der Waals surface area contributed by atoms with Crippen molar-refractivity contribution in [1.29, 1.82) is 0 Å². The third-order valence-electron chi connectivity index (χ3n) is 3.87. The average Bonchev–Trinajstić information content (AvgIpc) is 2.85. The van der Waals surface area contributed by atoms with Crippen LogP contribution in [0.15, 0.2) is 12.1 Å². The van der Waals surface area contributed by atoms with Crippen LogP contribution >= 0.6 is 0 Å². The van der Waals surface area contributed by atoms with E-state index in [4.69, 9.17) is 0 Å². The molecule has 2 heterocycles. The molecule has 1 aliphatic heterocycles. The van der Waals surface area contributed by atoms with Crippen LogP contribution in [0, 0.1) is 23.0 Å². The fraction of sp³-hybridized carbons (Fsp3) is 0.643. The number of hydrogen-bond acceptors (Lipinski definition) is 5. The number of hydrogen-bond donors (Lipinski definition) is 1. The zero-order valence-electron chi connectivity index (χ0n) is 12.3. The monoisotopic (exact) mass is 278 g/mol. The molecule has 1 aromatic rings. The highest BCUT2D eigenvalue weighted by Gasteiger charge is 2.24. The maximum absolute atomic E-state index is 10.7. The van der Waals surface area contributed by atoms with Crippen LogP contribution in [0.2, 0.25) is 0 Å². The topological polar surface area (TPSA) is 71.3 Å². The SMILES string of the molecule is Cc1nc(NCC2CCN(C(C)C)C2)ccc1[N+](=O)[O-]. The van der Waals surface area contributed by atoms with Gasteiger partial charge in [0.1, 0.15) is 11.5 Å². The summed E-state index contributed by atoms with van der Waals surface area (Å²) in [6, 6.07) is 3.79. The quantitative estimate of drug-likeness (QED) is 0.661. The largest absolute Gasteiger partial charge is 0.370 e.